The zero-order chi connectivity index (χ0) is 17.6. The predicted molar refractivity (Wildman–Crippen MR) is 103 cm³/mol. The number of allylic oxidation sites excluding steroid dienone is 1. The summed E-state index contributed by atoms with van der Waals surface area (Å²) >= 11 is 1.74. The zero-order valence-electron chi connectivity index (χ0n) is 15.1. The monoisotopic (exact) mass is 354 g/mol. The first-order chi connectivity index (χ1) is 12.0. The van der Waals surface area contributed by atoms with Crippen LogP contribution in [0.25, 0.3) is 0 Å². The Morgan fingerprint density at radius 2 is 2.16 bits per heavy atom. The van der Waals surface area contributed by atoms with E-state index in [-0.39, 0.29) is 17.5 Å². The largest absolute Gasteiger partial charge is 0.454 e. The highest BCUT2D eigenvalue weighted by Gasteiger charge is 2.49. The molecule has 1 aromatic carbocycles. The summed E-state index contributed by atoms with van der Waals surface area (Å²) in [6, 6.07) is 8.37. The molecule has 1 heterocycles. The lowest BCUT2D eigenvalue weighted by atomic mass is 9.57. The van der Waals surface area contributed by atoms with Crippen molar-refractivity contribution in [3.63, 3.8) is 0 Å². The van der Waals surface area contributed by atoms with Crippen molar-refractivity contribution in [1.82, 2.24) is 0 Å². The lowest BCUT2D eigenvalue weighted by Crippen LogP contribution is -2.41. The Morgan fingerprint density at radius 1 is 1.36 bits per heavy atom. The standard InChI is InChI=1S/C22H26O2S/c1-14-7-6-10-22(2)13-19-16(12-18(14)22)17(21(23)24-19)11-15-8-4-5-9-20(15)25-3/h4-5,8-9,18-19H,1,6-7,10-13H2,2-3H3/t18-,19-,22+/m0/s1. The van der Waals surface area contributed by atoms with Gasteiger partial charge in [-0.1, -0.05) is 37.3 Å². The van der Waals surface area contributed by atoms with Crippen LogP contribution in [0, 0.1) is 11.3 Å². The van der Waals surface area contributed by atoms with E-state index >= 15 is 0 Å². The summed E-state index contributed by atoms with van der Waals surface area (Å²) in [6.07, 6.45) is 8.28. The van der Waals surface area contributed by atoms with Crippen LogP contribution in [0.5, 0.6) is 0 Å². The van der Waals surface area contributed by atoms with Gasteiger partial charge in [-0.3, -0.25) is 0 Å². The number of thioether (sulfide) groups is 1. The summed E-state index contributed by atoms with van der Waals surface area (Å²) in [5.74, 6) is 0.413. The molecule has 0 amide bonds. The van der Waals surface area contributed by atoms with E-state index in [1.54, 1.807) is 11.8 Å². The highest BCUT2D eigenvalue weighted by atomic mass is 32.2. The number of hydrogen-bond donors (Lipinski definition) is 0. The molecular weight excluding hydrogens is 328 g/mol. The smallest absolute Gasteiger partial charge is 0.335 e. The van der Waals surface area contributed by atoms with Crippen LogP contribution in [0.3, 0.4) is 0 Å². The van der Waals surface area contributed by atoms with Gasteiger partial charge in [0.2, 0.25) is 0 Å². The van der Waals surface area contributed by atoms with Crippen LogP contribution >= 0.6 is 11.8 Å². The summed E-state index contributed by atoms with van der Waals surface area (Å²) in [5.41, 5.74) is 5.02. The topological polar surface area (TPSA) is 26.3 Å². The van der Waals surface area contributed by atoms with E-state index in [1.807, 2.05) is 0 Å². The maximum Gasteiger partial charge on any atom is 0.335 e. The third-order valence-electron chi connectivity index (χ3n) is 6.49. The van der Waals surface area contributed by atoms with Crippen molar-refractivity contribution in [3.05, 3.63) is 53.1 Å². The molecule has 0 saturated heterocycles. The van der Waals surface area contributed by atoms with Crippen LogP contribution in [0.15, 0.2) is 52.5 Å². The number of hydrogen-bond acceptors (Lipinski definition) is 3. The number of carbonyl (C=O) groups is 1. The summed E-state index contributed by atoms with van der Waals surface area (Å²) in [4.78, 5) is 13.9. The molecule has 4 rings (SSSR count). The predicted octanol–water partition coefficient (Wildman–Crippen LogP) is 5.33. The summed E-state index contributed by atoms with van der Waals surface area (Å²) in [7, 11) is 0. The van der Waals surface area contributed by atoms with E-state index in [0.717, 1.165) is 24.8 Å². The molecule has 2 fully saturated rings. The van der Waals surface area contributed by atoms with Crippen molar-refractivity contribution < 1.29 is 9.53 Å². The molecule has 0 N–H and O–H groups in total. The summed E-state index contributed by atoms with van der Waals surface area (Å²) < 4.78 is 5.82. The van der Waals surface area contributed by atoms with Crippen LogP contribution in [0.1, 0.15) is 44.6 Å². The van der Waals surface area contributed by atoms with Gasteiger partial charge in [0, 0.05) is 16.9 Å². The average molecular weight is 355 g/mol. The Bertz CT molecular complexity index is 763. The maximum atomic E-state index is 12.6. The van der Waals surface area contributed by atoms with Gasteiger partial charge in [0.15, 0.2) is 0 Å². The van der Waals surface area contributed by atoms with Crippen molar-refractivity contribution in [2.45, 2.75) is 56.4 Å². The van der Waals surface area contributed by atoms with Crippen LogP contribution in [0.2, 0.25) is 0 Å². The fourth-order valence-corrected chi connectivity index (χ4v) is 5.70. The van der Waals surface area contributed by atoms with Gasteiger partial charge in [-0.2, -0.15) is 0 Å². The second kappa shape index (κ2) is 6.35. The molecule has 0 radical (unpaired) electrons. The second-order valence-corrected chi connectivity index (χ2v) is 8.86. The molecule has 1 aliphatic heterocycles. The van der Waals surface area contributed by atoms with E-state index in [2.05, 4.69) is 44.0 Å². The average Bonchev–Trinajstić information content (AvgIpc) is 2.88. The lowest BCUT2D eigenvalue weighted by molar-refractivity contribution is -0.142. The van der Waals surface area contributed by atoms with E-state index in [1.165, 1.54) is 34.4 Å². The Morgan fingerprint density at radius 3 is 2.96 bits per heavy atom. The molecule has 0 spiro atoms. The van der Waals surface area contributed by atoms with Crippen LogP contribution in [0.4, 0.5) is 0 Å². The van der Waals surface area contributed by atoms with Gasteiger partial charge in [-0.25, -0.2) is 4.79 Å². The third kappa shape index (κ3) is 2.87. The zero-order valence-corrected chi connectivity index (χ0v) is 16.0. The van der Waals surface area contributed by atoms with Crippen LogP contribution in [-0.4, -0.2) is 18.3 Å². The Kier molecular flexibility index (Phi) is 4.31. The molecular formula is C22H26O2S. The number of carbonyl (C=O) groups excluding carboxylic acids is 1. The Labute approximate surface area is 154 Å². The van der Waals surface area contributed by atoms with Crippen molar-refractivity contribution in [2.24, 2.45) is 11.3 Å². The first kappa shape index (κ1) is 17.0. The Hall–Kier alpha value is -1.48. The molecule has 2 aliphatic carbocycles. The third-order valence-corrected chi connectivity index (χ3v) is 7.33. The van der Waals surface area contributed by atoms with E-state index < -0.39 is 0 Å². The quantitative estimate of drug-likeness (QED) is 0.417. The number of ether oxygens (including phenoxy) is 1. The van der Waals surface area contributed by atoms with E-state index in [9.17, 15) is 4.79 Å². The van der Waals surface area contributed by atoms with Gasteiger partial charge in [-0.05, 0) is 66.9 Å². The van der Waals surface area contributed by atoms with Gasteiger partial charge in [-0.15, -0.1) is 11.8 Å². The summed E-state index contributed by atoms with van der Waals surface area (Å²) in [5, 5.41) is 0. The van der Waals surface area contributed by atoms with Crippen molar-refractivity contribution >= 4 is 17.7 Å². The molecule has 3 heteroatoms. The highest BCUT2D eigenvalue weighted by molar-refractivity contribution is 7.98. The molecule has 1 aromatic rings. The van der Waals surface area contributed by atoms with E-state index in [4.69, 9.17) is 4.74 Å². The van der Waals surface area contributed by atoms with Crippen molar-refractivity contribution in [3.8, 4) is 0 Å². The van der Waals surface area contributed by atoms with Gasteiger partial charge in [0.1, 0.15) is 6.10 Å². The molecule has 132 valence electrons. The number of esters is 1. The van der Waals surface area contributed by atoms with Crippen molar-refractivity contribution in [2.75, 3.05) is 6.26 Å². The molecule has 0 bridgehead atoms. The van der Waals surface area contributed by atoms with Crippen molar-refractivity contribution in [1.29, 1.82) is 0 Å². The second-order valence-electron chi connectivity index (χ2n) is 8.01. The number of benzene rings is 1. The number of fused-ring (bicyclic) bond motifs is 2. The Balaban J connectivity index is 1.68. The minimum atomic E-state index is -0.0937. The lowest BCUT2D eigenvalue weighted by Gasteiger charge is -2.48. The molecule has 0 aromatic heterocycles. The molecule has 2 saturated carbocycles. The fourth-order valence-electron chi connectivity index (χ4n) is 5.08. The van der Waals surface area contributed by atoms with Gasteiger partial charge in [0.05, 0.1) is 0 Å². The first-order valence-electron chi connectivity index (χ1n) is 9.24. The molecule has 25 heavy (non-hydrogen) atoms. The SMILES string of the molecule is C=C1CCC[C@]2(C)C[C@@H]3OC(=O)C(Cc4ccccc4SC)=C3C[C@@H]12. The van der Waals surface area contributed by atoms with Gasteiger partial charge >= 0.3 is 5.97 Å². The summed E-state index contributed by atoms with van der Waals surface area (Å²) in [6.45, 7) is 6.73. The minimum Gasteiger partial charge on any atom is -0.454 e. The van der Waals surface area contributed by atoms with Gasteiger partial charge in [0.25, 0.3) is 0 Å². The maximum absolute atomic E-state index is 12.6. The van der Waals surface area contributed by atoms with Crippen LogP contribution < -0.4 is 0 Å². The molecule has 3 atom stereocenters. The van der Waals surface area contributed by atoms with E-state index in [0.29, 0.717) is 12.3 Å². The molecule has 2 nitrogen and oxygen atoms in total. The molecule has 3 aliphatic rings. The minimum absolute atomic E-state index is 0.00362. The van der Waals surface area contributed by atoms with Gasteiger partial charge < -0.3 is 4.74 Å². The normalized spacial score (nSPS) is 31.6. The fraction of sp³-hybridized carbons (Fsp3) is 0.500. The number of rotatable bonds is 3. The highest BCUT2D eigenvalue weighted by Crippen LogP contribution is 2.55. The molecule has 0 unspecified atom stereocenters. The van der Waals surface area contributed by atoms with Crippen LogP contribution in [-0.2, 0) is 16.0 Å². The first-order valence-corrected chi connectivity index (χ1v) is 10.5.